The average molecular weight is 367 g/mol. The molecule has 134 valence electrons. The molecule has 0 aliphatic heterocycles. The summed E-state index contributed by atoms with van der Waals surface area (Å²) < 4.78 is 27.9. The van der Waals surface area contributed by atoms with Crippen molar-refractivity contribution in [2.24, 2.45) is 0 Å². The Kier molecular flexibility index (Phi) is 5.23. The molecule has 0 spiro atoms. The molecule has 1 heterocycles. The van der Waals surface area contributed by atoms with Gasteiger partial charge < -0.3 is 5.32 Å². The number of hydrogen-bond acceptors (Lipinski definition) is 4. The number of aryl methyl sites for hydroxylation is 2. The summed E-state index contributed by atoms with van der Waals surface area (Å²) in [7, 11) is -3.61. The second-order valence-corrected chi connectivity index (χ2v) is 7.81. The summed E-state index contributed by atoms with van der Waals surface area (Å²) in [4.78, 5) is 4.29. The maximum absolute atomic E-state index is 12.6. The minimum absolute atomic E-state index is 0.303. The molecule has 0 fully saturated rings. The van der Waals surface area contributed by atoms with Crippen molar-refractivity contribution >= 4 is 21.4 Å². The lowest BCUT2D eigenvalue weighted by Gasteiger charge is -2.12. The predicted molar refractivity (Wildman–Crippen MR) is 105 cm³/mol. The highest BCUT2D eigenvalue weighted by Crippen LogP contribution is 2.22. The monoisotopic (exact) mass is 367 g/mol. The van der Waals surface area contributed by atoms with Crippen LogP contribution in [0.25, 0.3) is 0 Å². The van der Waals surface area contributed by atoms with Crippen molar-refractivity contribution in [3.63, 3.8) is 0 Å². The molecule has 2 aromatic carbocycles. The molecule has 3 aromatic rings. The normalized spacial score (nSPS) is 11.2. The zero-order valence-electron chi connectivity index (χ0n) is 14.7. The lowest BCUT2D eigenvalue weighted by molar-refractivity contribution is 0.600. The highest BCUT2D eigenvalue weighted by Gasteiger charge is 2.17. The molecule has 0 unspecified atom stereocenters. The van der Waals surface area contributed by atoms with Gasteiger partial charge in [-0.3, -0.25) is 9.71 Å². The van der Waals surface area contributed by atoms with Crippen LogP contribution in [0.3, 0.4) is 0 Å². The van der Waals surface area contributed by atoms with Crippen LogP contribution in [-0.2, 0) is 16.6 Å². The van der Waals surface area contributed by atoms with Crippen LogP contribution in [0.15, 0.2) is 71.9 Å². The lowest BCUT2D eigenvalue weighted by atomic mass is 10.2. The SMILES string of the molecule is Cc1ccc(C)c(S(=O)(=O)Nc2ccc(NCc3ccncc3)cc2)c1. The van der Waals surface area contributed by atoms with E-state index < -0.39 is 10.0 Å². The van der Waals surface area contributed by atoms with E-state index in [0.29, 0.717) is 17.1 Å². The molecule has 6 heteroatoms. The molecule has 1 aromatic heterocycles. The number of nitrogens with one attached hydrogen (secondary N) is 2. The van der Waals surface area contributed by atoms with Gasteiger partial charge >= 0.3 is 0 Å². The van der Waals surface area contributed by atoms with Crippen LogP contribution in [0.2, 0.25) is 0 Å². The molecule has 0 aliphatic carbocycles. The first kappa shape index (κ1) is 17.9. The largest absolute Gasteiger partial charge is 0.381 e. The van der Waals surface area contributed by atoms with Crippen LogP contribution in [0.1, 0.15) is 16.7 Å². The minimum Gasteiger partial charge on any atom is -0.381 e. The standard InChI is InChI=1S/C20H21N3O2S/c1-15-3-4-16(2)20(13-15)26(24,25)23-19-7-5-18(6-8-19)22-14-17-9-11-21-12-10-17/h3-13,22-23H,14H2,1-2H3. The second-order valence-electron chi connectivity index (χ2n) is 6.16. The summed E-state index contributed by atoms with van der Waals surface area (Å²) in [6.07, 6.45) is 3.50. The smallest absolute Gasteiger partial charge is 0.262 e. The lowest BCUT2D eigenvalue weighted by Crippen LogP contribution is -2.14. The molecular formula is C20H21N3O2S. The molecule has 26 heavy (non-hydrogen) atoms. The van der Waals surface area contributed by atoms with E-state index in [9.17, 15) is 8.42 Å². The molecule has 0 saturated carbocycles. The summed E-state index contributed by atoms with van der Waals surface area (Å²) in [6.45, 7) is 4.35. The first-order chi connectivity index (χ1) is 12.4. The van der Waals surface area contributed by atoms with E-state index >= 15 is 0 Å². The van der Waals surface area contributed by atoms with Crippen molar-refractivity contribution in [3.05, 3.63) is 83.7 Å². The topological polar surface area (TPSA) is 71.1 Å². The number of sulfonamides is 1. The van der Waals surface area contributed by atoms with Crippen molar-refractivity contribution in [2.45, 2.75) is 25.3 Å². The van der Waals surface area contributed by atoms with E-state index in [2.05, 4.69) is 15.0 Å². The third-order valence-electron chi connectivity index (χ3n) is 4.02. The molecule has 0 radical (unpaired) electrons. The Balaban J connectivity index is 1.69. The van der Waals surface area contributed by atoms with Gasteiger partial charge in [0, 0.05) is 30.3 Å². The number of nitrogens with zero attached hydrogens (tertiary/aromatic N) is 1. The molecule has 5 nitrogen and oxygen atoms in total. The van der Waals surface area contributed by atoms with E-state index in [1.165, 1.54) is 0 Å². The minimum atomic E-state index is -3.61. The van der Waals surface area contributed by atoms with Gasteiger partial charge in [0.1, 0.15) is 0 Å². The summed E-state index contributed by atoms with van der Waals surface area (Å²) in [6, 6.07) is 16.5. The molecular weight excluding hydrogens is 346 g/mol. The summed E-state index contributed by atoms with van der Waals surface area (Å²) in [5.74, 6) is 0. The maximum atomic E-state index is 12.6. The molecule has 0 atom stereocenters. The fourth-order valence-corrected chi connectivity index (χ4v) is 3.96. The fraction of sp³-hybridized carbons (Fsp3) is 0.150. The average Bonchev–Trinajstić information content (AvgIpc) is 2.64. The Morgan fingerprint density at radius 1 is 0.885 bits per heavy atom. The Labute approximate surface area is 154 Å². The molecule has 0 aliphatic rings. The van der Waals surface area contributed by atoms with Crippen LogP contribution in [0.5, 0.6) is 0 Å². The number of rotatable bonds is 6. The van der Waals surface area contributed by atoms with Crippen molar-refractivity contribution in [1.82, 2.24) is 4.98 Å². The second kappa shape index (κ2) is 7.58. The van der Waals surface area contributed by atoms with Crippen molar-refractivity contribution in [2.75, 3.05) is 10.0 Å². The zero-order valence-corrected chi connectivity index (χ0v) is 15.5. The Morgan fingerprint density at radius 3 is 2.23 bits per heavy atom. The van der Waals surface area contributed by atoms with E-state index in [1.807, 2.05) is 43.3 Å². The van der Waals surface area contributed by atoms with E-state index in [-0.39, 0.29) is 0 Å². The van der Waals surface area contributed by atoms with E-state index in [0.717, 1.165) is 22.4 Å². The van der Waals surface area contributed by atoms with Crippen LogP contribution < -0.4 is 10.0 Å². The summed E-state index contributed by atoms with van der Waals surface area (Å²) in [5.41, 5.74) is 4.20. The zero-order chi connectivity index (χ0) is 18.6. The van der Waals surface area contributed by atoms with Crippen LogP contribution in [-0.4, -0.2) is 13.4 Å². The van der Waals surface area contributed by atoms with E-state index in [4.69, 9.17) is 0 Å². The highest BCUT2D eigenvalue weighted by atomic mass is 32.2. The Hall–Kier alpha value is -2.86. The molecule has 0 saturated heterocycles. The van der Waals surface area contributed by atoms with Gasteiger partial charge in [0.05, 0.1) is 4.90 Å². The quantitative estimate of drug-likeness (QED) is 0.688. The van der Waals surface area contributed by atoms with E-state index in [1.54, 1.807) is 37.5 Å². The van der Waals surface area contributed by atoms with Gasteiger partial charge in [0.15, 0.2) is 0 Å². The Morgan fingerprint density at radius 2 is 1.54 bits per heavy atom. The van der Waals surface area contributed by atoms with Gasteiger partial charge in [-0.15, -0.1) is 0 Å². The third kappa shape index (κ3) is 4.40. The predicted octanol–water partition coefficient (Wildman–Crippen LogP) is 4.11. The van der Waals surface area contributed by atoms with Crippen LogP contribution >= 0.6 is 0 Å². The highest BCUT2D eigenvalue weighted by molar-refractivity contribution is 7.92. The third-order valence-corrected chi connectivity index (χ3v) is 5.54. The molecule has 2 N–H and O–H groups in total. The van der Waals surface area contributed by atoms with Gasteiger partial charge in [-0.2, -0.15) is 0 Å². The van der Waals surface area contributed by atoms with Gasteiger partial charge in [-0.05, 0) is 73.0 Å². The fourth-order valence-electron chi connectivity index (χ4n) is 2.57. The first-order valence-corrected chi connectivity index (χ1v) is 9.75. The van der Waals surface area contributed by atoms with Crippen molar-refractivity contribution in [1.29, 1.82) is 0 Å². The van der Waals surface area contributed by atoms with Gasteiger partial charge in [-0.1, -0.05) is 12.1 Å². The van der Waals surface area contributed by atoms with Crippen molar-refractivity contribution < 1.29 is 8.42 Å². The molecule has 3 rings (SSSR count). The Bertz CT molecular complexity index is 985. The first-order valence-electron chi connectivity index (χ1n) is 8.27. The van der Waals surface area contributed by atoms with Gasteiger partial charge in [0.2, 0.25) is 0 Å². The number of aromatic nitrogens is 1. The molecule has 0 bridgehead atoms. The van der Waals surface area contributed by atoms with Crippen LogP contribution in [0.4, 0.5) is 11.4 Å². The van der Waals surface area contributed by atoms with Gasteiger partial charge in [0.25, 0.3) is 10.0 Å². The number of benzene rings is 2. The molecule has 0 amide bonds. The number of pyridine rings is 1. The van der Waals surface area contributed by atoms with Crippen LogP contribution in [0, 0.1) is 13.8 Å². The summed E-state index contributed by atoms with van der Waals surface area (Å²) in [5, 5.41) is 3.29. The summed E-state index contributed by atoms with van der Waals surface area (Å²) >= 11 is 0. The van der Waals surface area contributed by atoms with Crippen molar-refractivity contribution in [3.8, 4) is 0 Å². The number of hydrogen-bond donors (Lipinski definition) is 2. The van der Waals surface area contributed by atoms with Gasteiger partial charge in [-0.25, -0.2) is 8.42 Å². The number of anilines is 2. The maximum Gasteiger partial charge on any atom is 0.262 e.